The summed E-state index contributed by atoms with van der Waals surface area (Å²) in [6.07, 6.45) is 0.102. The number of ketones is 1. The number of esters is 1. The highest BCUT2D eigenvalue weighted by molar-refractivity contribution is 6.10. The minimum absolute atomic E-state index is 0.0303. The van der Waals surface area contributed by atoms with Crippen molar-refractivity contribution >= 4 is 11.8 Å². The molecule has 3 rings (SSSR count). The largest absolute Gasteiger partial charge is 0.504 e. The second kappa shape index (κ2) is 5.56. The molecule has 0 radical (unpaired) electrons. The third-order valence-electron chi connectivity index (χ3n) is 4.35. The molecule has 0 fully saturated rings. The average Bonchev–Trinajstić information content (AvgIpc) is 2.56. The van der Waals surface area contributed by atoms with Gasteiger partial charge in [-0.25, -0.2) is 0 Å². The van der Waals surface area contributed by atoms with E-state index in [-0.39, 0.29) is 17.7 Å². The minimum Gasteiger partial charge on any atom is -0.504 e. The predicted octanol–water partition coefficient (Wildman–Crippen LogP) is 2.09. The number of para-hydroxylation sites is 1. The Morgan fingerprint density at radius 1 is 1.25 bits per heavy atom. The lowest BCUT2D eigenvalue weighted by Crippen LogP contribution is -2.49. The first-order valence-electron chi connectivity index (χ1n) is 7.32. The van der Waals surface area contributed by atoms with Crippen LogP contribution in [0.3, 0.4) is 0 Å². The molecule has 0 saturated carbocycles. The molecule has 1 heterocycles. The van der Waals surface area contributed by atoms with Crippen molar-refractivity contribution < 1.29 is 29.3 Å². The summed E-state index contributed by atoms with van der Waals surface area (Å²) in [5.41, 5.74) is -0.687. The number of carbonyl (C=O) groups excluding carboxylic acids is 2. The van der Waals surface area contributed by atoms with Crippen LogP contribution in [-0.2, 0) is 21.4 Å². The van der Waals surface area contributed by atoms with Gasteiger partial charge in [-0.05, 0) is 36.2 Å². The normalized spacial score (nSPS) is 19.3. The Hall–Kier alpha value is -3.02. The van der Waals surface area contributed by atoms with Crippen LogP contribution in [0.1, 0.15) is 18.1 Å². The summed E-state index contributed by atoms with van der Waals surface area (Å²) in [6.45, 7) is 1.30. The van der Waals surface area contributed by atoms with E-state index >= 15 is 0 Å². The summed E-state index contributed by atoms with van der Waals surface area (Å²) in [7, 11) is 1.31. The van der Waals surface area contributed by atoms with Crippen LogP contribution in [0, 0.1) is 0 Å². The van der Waals surface area contributed by atoms with Gasteiger partial charge in [-0.1, -0.05) is 18.2 Å². The summed E-state index contributed by atoms with van der Waals surface area (Å²) in [6, 6.07) is 9.52. The molecule has 6 heteroatoms. The smallest absolute Gasteiger partial charge is 0.329 e. The first-order chi connectivity index (χ1) is 11.4. The van der Waals surface area contributed by atoms with E-state index in [9.17, 15) is 19.8 Å². The van der Waals surface area contributed by atoms with Crippen LogP contribution in [0.4, 0.5) is 0 Å². The number of carbonyl (C=O) groups is 2. The lowest BCUT2D eigenvalue weighted by Gasteiger charge is -2.34. The van der Waals surface area contributed by atoms with Crippen LogP contribution >= 0.6 is 0 Å². The van der Waals surface area contributed by atoms with Crippen LogP contribution < -0.4 is 9.47 Å². The summed E-state index contributed by atoms with van der Waals surface area (Å²) < 4.78 is 10.4. The Labute approximate surface area is 138 Å². The molecule has 1 aliphatic rings. The predicted molar refractivity (Wildman–Crippen MR) is 84.5 cm³/mol. The van der Waals surface area contributed by atoms with Crippen LogP contribution in [0.25, 0.3) is 0 Å². The molecule has 0 bridgehead atoms. The molecule has 0 saturated heterocycles. The lowest BCUT2D eigenvalue weighted by molar-refractivity contribution is -0.147. The van der Waals surface area contributed by atoms with Crippen molar-refractivity contribution in [2.45, 2.75) is 18.8 Å². The van der Waals surface area contributed by atoms with Gasteiger partial charge in [-0.3, -0.25) is 9.59 Å². The molecule has 0 aliphatic carbocycles. The van der Waals surface area contributed by atoms with Crippen LogP contribution in [0.15, 0.2) is 36.4 Å². The van der Waals surface area contributed by atoms with Gasteiger partial charge in [0, 0.05) is 6.42 Å². The second-order valence-electron chi connectivity index (χ2n) is 5.68. The molecule has 24 heavy (non-hydrogen) atoms. The zero-order valence-electron chi connectivity index (χ0n) is 13.2. The molecule has 2 aromatic rings. The van der Waals surface area contributed by atoms with Crippen molar-refractivity contribution in [2.75, 3.05) is 7.11 Å². The van der Waals surface area contributed by atoms with E-state index < -0.39 is 28.7 Å². The molecule has 6 nitrogen and oxygen atoms in total. The number of fused-ring (bicyclic) bond motifs is 1. The van der Waals surface area contributed by atoms with Gasteiger partial charge in [0.1, 0.15) is 5.75 Å². The maximum atomic E-state index is 12.7. The molecule has 124 valence electrons. The highest BCUT2D eigenvalue weighted by Crippen LogP contribution is 2.44. The van der Waals surface area contributed by atoms with Crippen LogP contribution in [0.2, 0.25) is 0 Å². The Balaban J connectivity index is 2.23. The fourth-order valence-electron chi connectivity index (χ4n) is 2.98. The third-order valence-corrected chi connectivity index (χ3v) is 4.35. The number of aromatic hydroxyl groups is 2. The number of phenolic OH excluding ortho intramolecular Hbond substituents is 2. The Morgan fingerprint density at radius 3 is 2.62 bits per heavy atom. The molecular weight excluding hydrogens is 312 g/mol. The van der Waals surface area contributed by atoms with Gasteiger partial charge in [0.05, 0.1) is 7.11 Å². The number of benzene rings is 2. The van der Waals surface area contributed by atoms with Gasteiger partial charge >= 0.3 is 5.97 Å². The maximum Gasteiger partial charge on any atom is 0.329 e. The van der Waals surface area contributed by atoms with Gasteiger partial charge in [0.25, 0.3) is 0 Å². The van der Waals surface area contributed by atoms with Crippen molar-refractivity contribution in [1.29, 1.82) is 0 Å². The molecular formula is C18H16O6. The summed E-state index contributed by atoms with van der Waals surface area (Å²) in [5.74, 6) is -1.69. The Morgan fingerprint density at radius 2 is 1.96 bits per heavy atom. The first-order valence-corrected chi connectivity index (χ1v) is 7.32. The molecule has 1 aliphatic heterocycles. The summed E-state index contributed by atoms with van der Waals surface area (Å²) in [5, 5.41) is 19.7. The molecule has 2 aromatic carbocycles. The number of hydrogen-bond donors (Lipinski definition) is 2. The van der Waals surface area contributed by atoms with Crippen molar-refractivity contribution in [2.24, 2.45) is 0 Å². The Kier molecular flexibility index (Phi) is 3.67. The summed E-state index contributed by atoms with van der Waals surface area (Å²) >= 11 is 0. The van der Waals surface area contributed by atoms with Crippen molar-refractivity contribution in [3.63, 3.8) is 0 Å². The monoisotopic (exact) mass is 328 g/mol. The zero-order chi connectivity index (χ0) is 17.5. The van der Waals surface area contributed by atoms with E-state index in [4.69, 9.17) is 9.47 Å². The molecule has 0 amide bonds. The first kappa shape index (κ1) is 15.9. The van der Waals surface area contributed by atoms with E-state index in [1.807, 2.05) is 0 Å². The molecule has 0 aromatic heterocycles. The van der Waals surface area contributed by atoms with E-state index in [2.05, 4.69) is 0 Å². The van der Waals surface area contributed by atoms with E-state index in [0.29, 0.717) is 11.3 Å². The number of phenols is 2. The number of hydrogen-bond acceptors (Lipinski definition) is 6. The molecule has 1 atom stereocenters. The SMILES string of the molecule is COc1cc(C2(C(C)=O)Cc3ccccc3OC2=O)cc(O)c1O. The molecule has 0 spiro atoms. The number of Topliss-reactive ketones (excluding diaryl/α,β-unsaturated/α-hetero) is 1. The van der Waals surface area contributed by atoms with Crippen LogP contribution in [-0.4, -0.2) is 29.1 Å². The van der Waals surface area contributed by atoms with Gasteiger partial charge in [0.15, 0.2) is 22.7 Å². The highest BCUT2D eigenvalue weighted by atomic mass is 16.5. The van der Waals surface area contributed by atoms with Crippen LogP contribution in [0.5, 0.6) is 23.0 Å². The fraction of sp³-hybridized carbons (Fsp3) is 0.222. The summed E-state index contributed by atoms with van der Waals surface area (Å²) in [4.78, 5) is 25.1. The van der Waals surface area contributed by atoms with Crippen molar-refractivity contribution in [1.82, 2.24) is 0 Å². The third kappa shape index (κ3) is 2.19. The highest BCUT2D eigenvalue weighted by Gasteiger charge is 2.50. The fourth-order valence-corrected chi connectivity index (χ4v) is 2.98. The second-order valence-corrected chi connectivity index (χ2v) is 5.68. The number of ether oxygens (including phenoxy) is 2. The van der Waals surface area contributed by atoms with E-state index in [0.717, 1.165) is 0 Å². The standard InChI is InChI=1S/C18H16O6/c1-10(19)18(12-7-13(20)16(21)15(8-12)23-2)9-11-5-3-4-6-14(11)24-17(18)22/h3-8,20-21H,9H2,1-2H3. The molecule has 2 N–H and O–H groups in total. The zero-order valence-corrected chi connectivity index (χ0v) is 13.2. The maximum absolute atomic E-state index is 12.7. The molecule has 1 unspecified atom stereocenters. The van der Waals surface area contributed by atoms with Crippen molar-refractivity contribution in [3.8, 4) is 23.0 Å². The lowest BCUT2D eigenvalue weighted by atomic mass is 9.71. The van der Waals surface area contributed by atoms with Gasteiger partial charge in [-0.2, -0.15) is 0 Å². The average molecular weight is 328 g/mol. The van der Waals surface area contributed by atoms with Crippen molar-refractivity contribution in [3.05, 3.63) is 47.5 Å². The Bertz CT molecular complexity index is 841. The quantitative estimate of drug-likeness (QED) is 0.388. The number of methoxy groups -OCH3 is 1. The number of rotatable bonds is 3. The van der Waals surface area contributed by atoms with Gasteiger partial charge < -0.3 is 19.7 Å². The minimum atomic E-state index is -1.60. The van der Waals surface area contributed by atoms with E-state index in [1.54, 1.807) is 24.3 Å². The van der Waals surface area contributed by atoms with E-state index in [1.165, 1.54) is 26.2 Å². The topological polar surface area (TPSA) is 93.1 Å². The van der Waals surface area contributed by atoms with Gasteiger partial charge in [-0.15, -0.1) is 0 Å². The van der Waals surface area contributed by atoms with Gasteiger partial charge in [0.2, 0.25) is 5.75 Å².